The lowest BCUT2D eigenvalue weighted by Crippen LogP contribution is -2.08. The van der Waals surface area contributed by atoms with E-state index >= 15 is 0 Å². The van der Waals surface area contributed by atoms with E-state index in [1.165, 1.54) is 0 Å². The van der Waals surface area contributed by atoms with Crippen molar-refractivity contribution in [2.45, 2.75) is 26.2 Å². The maximum atomic E-state index is 11.6. The molecular formula is C11H17ClN2O2. The van der Waals surface area contributed by atoms with Crippen LogP contribution < -0.4 is 0 Å². The number of hydrogen-bond acceptors (Lipinski definition) is 3. The summed E-state index contributed by atoms with van der Waals surface area (Å²) in [5.74, 6) is 0.168. The van der Waals surface area contributed by atoms with Crippen LogP contribution in [0.1, 0.15) is 24.2 Å². The van der Waals surface area contributed by atoms with Gasteiger partial charge in [-0.3, -0.25) is 9.48 Å². The highest BCUT2D eigenvalue weighted by molar-refractivity contribution is 6.32. The third kappa shape index (κ3) is 3.32. The number of carbonyl (C=O) groups excluding carboxylic acids is 1. The number of ether oxygens (including phenoxy) is 1. The van der Waals surface area contributed by atoms with Gasteiger partial charge in [0.2, 0.25) is 0 Å². The summed E-state index contributed by atoms with van der Waals surface area (Å²) in [7, 11) is 3.43. The number of aryl methyl sites for hydroxylation is 2. The molecule has 0 aliphatic heterocycles. The second-order valence-electron chi connectivity index (χ2n) is 3.78. The van der Waals surface area contributed by atoms with Gasteiger partial charge in [0.05, 0.1) is 16.4 Å². The minimum Gasteiger partial charge on any atom is -0.385 e. The molecule has 0 atom stereocenters. The molecule has 0 N–H and O–H groups in total. The smallest absolute Gasteiger partial charge is 0.138 e. The van der Waals surface area contributed by atoms with E-state index in [0.29, 0.717) is 24.5 Å². The summed E-state index contributed by atoms with van der Waals surface area (Å²) in [5.41, 5.74) is 1.56. The summed E-state index contributed by atoms with van der Waals surface area (Å²) in [4.78, 5) is 11.6. The summed E-state index contributed by atoms with van der Waals surface area (Å²) in [6.07, 6.45) is 1.62. The molecule has 0 saturated heterocycles. The van der Waals surface area contributed by atoms with E-state index in [9.17, 15) is 4.79 Å². The first-order valence-corrected chi connectivity index (χ1v) is 5.62. The van der Waals surface area contributed by atoms with Crippen molar-refractivity contribution in [1.82, 2.24) is 9.78 Å². The number of hydrogen-bond donors (Lipinski definition) is 0. The molecule has 16 heavy (non-hydrogen) atoms. The minimum atomic E-state index is 0.168. The molecule has 0 fully saturated rings. The molecule has 5 heteroatoms. The zero-order valence-corrected chi connectivity index (χ0v) is 10.7. The average molecular weight is 245 g/mol. The van der Waals surface area contributed by atoms with Gasteiger partial charge in [-0.25, -0.2) is 0 Å². The van der Waals surface area contributed by atoms with Crippen LogP contribution in [0.3, 0.4) is 0 Å². The van der Waals surface area contributed by atoms with Crippen LogP contribution in [0.15, 0.2) is 0 Å². The number of nitrogens with zero attached hydrogens (tertiary/aromatic N) is 2. The normalized spacial score (nSPS) is 10.8. The van der Waals surface area contributed by atoms with E-state index in [1.54, 1.807) is 18.8 Å². The maximum absolute atomic E-state index is 11.6. The van der Waals surface area contributed by atoms with Gasteiger partial charge < -0.3 is 4.74 Å². The quantitative estimate of drug-likeness (QED) is 0.719. The SMILES string of the molecule is COCCCC(=O)Cc1c(Cl)c(C)nn1C. The van der Waals surface area contributed by atoms with Gasteiger partial charge in [0.1, 0.15) is 5.78 Å². The molecule has 0 aliphatic rings. The third-order valence-corrected chi connectivity index (χ3v) is 2.92. The number of methoxy groups -OCH3 is 1. The van der Waals surface area contributed by atoms with Gasteiger partial charge in [-0.15, -0.1) is 0 Å². The number of halogens is 1. The Hall–Kier alpha value is -0.870. The fraction of sp³-hybridized carbons (Fsp3) is 0.636. The number of Topliss-reactive ketones (excluding diaryl/α,β-unsaturated/α-hetero) is 1. The average Bonchev–Trinajstić information content (AvgIpc) is 2.46. The van der Waals surface area contributed by atoms with Crippen molar-refractivity contribution in [3.63, 3.8) is 0 Å². The van der Waals surface area contributed by atoms with Crippen LogP contribution in [0.4, 0.5) is 0 Å². The molecule has 0 amide bonds. The first kappa shape index (κ1) is 13.2. The van der Waals surface area contributed by atoms with Gasteiger partial charge in [-0.1, -0.05) is 11.6 Å². The monoisotopic (exact) mass is 244 g/mol. The van der Waals surface area contributed by atoms with Crippen LogP contribution in [0.5, 0.6) is 0 Å². The van der Waals surface area contributed by atoms with Gasteiger partial charge in [0.15, 0.2) is 0 Å². The second kappa shape index (κ2) is 6.01. The summed E-state index contributed by atoms with van der Waals surface area (Å²) in [6, 6.07) is 0. The Labute approximate surface area is 101 Å². The van der Waals surface area contributed by atoms with Crippen LogP contribution in [0, 0.1) is 6.92 Å². The summed E-state index contributed by atoms with van der Waals surface area (Å²) >= 11 is 6.06. The molecule has 0 saturated carbocycles. The Morgan fingerprint density at radius 2 is 2.25 bits per heavy atom. The van der Waals surface area contributed by atoms with E-state index in [4.69, 9.17) is 16.3 Å². The van der Waals surface area contributed by atoms with Crippen LogP contribution in [0.25, 0.3) is 0 Å². The van der Waals surface area contributed by atoms with Gasteiger partial charge in [-0.05, 0) is 13.3 Å². The molecule has 1 heterocycles. The largest absolute Gasteiger partial charge is 0.385 e. The van der Waals surface area contributed by atoms with Crippen LogP contribution in [-0.2, 0) is 23.0 Å². The standard InChI is InChI=1S/C11H17ClN2O2/c1-8-11(12)10(14(2)13-8)7-9(15)5-4-6-16-3/h4-7H2,1-3H3. The fourth-order valence-corrected chi connectivity index (χ4v) is 1.79. The maximum Gasteiger partial charge on any atom is 0.138 e. The summed E-state index contributed by atoms with van der Waals surface area (Å²) in [5, 5.41) is 4.77. The van der Waals surface area contributed by atoms with Gasteiger partial charge in [0, 0.05) is 33.6 Å². The van der Waals surface area contributed by atoms with Crippen molar-refractivity contribution in [2.75, 3.05) is 13.7 Å². The first-order chi connectivity index (χ1) is 7.56. The number of rotatable bonds is 6. The second-order valence-corrected chi connectivity index (χ2v) is 4.16. The Balaban J connectivity index is 2.56. The highest BCUT2D eigenvalue weighted by atomic mass is 35.5. The van der Waals surface area contributed by atoms with Gasteiger partial charge in [-0.2, -0.15) is 5.10 Å². The van der Waals surface area contributed by atoms with E-state index < -0.39 is 0 Å². The molecule has 4 nitrogen and oxygen atoms in total. The Morgan fingerprint density at radius 3 is 2.75 bits per heavy atom. The summed E-state index contributed by atoms with van der Waals surface area (Å²) < 4.78 is 6.57. The van der Waals surface area contributed by atoms with Crippen molar-refractivity contribution < 1.29 is 9.53 Å². The van der Waals surface area contributed by atoms with Crippen molar-refractivity contribution >= 4 is 17.4 Å². The topological polar surface area (TPSA) is 44.1 Å². The van der Waals surface area contributed by atoms with Crippen LogP contribution >= 0.6 is 11.6 Å². The molecule has 0 spiro atoms. The zero-order chi connectivity index (χ0) is 12.1. The molecular weight excluding hydrogens is 228 g/mol. The summed E-state index contributed by atoms with van der Waals surface area (Å²) in [6.45, 7) is 2.45. The van der Waals surface area contributed by atoms with Gasteiger partial charge in [0.25, 0.3) is 0 Å². The molecule has 0 unspecified atom stereocenters. The Bertz CT molecular complexity index is 374. The predicted molar refractivity (Wildman–Crippen MR) is 62.8 cm³/mol. The van der Waals surface area contributed by atoms with E-state index in [0.717, 1.165) is 17.8 Å². The highest BCUT2D eigenvalue weighted by Gasteiger charge is 2.14. The molecule has 1 aromatic rings. The minimum absolute atomic E-state index is 0.168. The first-order valence-electron chi connectivity index (χ1n) is 5.25. The molecule has 0 bridgehead atoms. The van der Waals surface area contributed by atoms with Crippen LogP contribution in [0.2, 0.25) is 5.02 Å². The molecule has 0 radical (unpaired) electrons. The van der Waals surface area contributed by atoms with Crippen molar-refractivity contribution in [2.24, 2.45) is 7.05 Å². The Kier molecular flexibility index (Phi) is 4.96. The fourth-order valence-electron chi connectivity index (χ4n) is 1.56. The zero-order valence-electron chi connectivity index (χ0n) is 9.92. The molecule has 1 aromatic heterocycles. The van der Waals surface area contributed by atoms with Crippen molar-refractivity contribution in [3.05, 3.63) is 16.4 Å². The van der Waals surface area contributed by atoms with E-state index in [-0.39, 0.29) is 5.78 Å². The lowest BCUT2D eigenvalue weighted by Gasteiger charge is -2.02. The van der Waals surface area contributed by atoms with Crippen molar-refractivity contribution in [1.29, 1.82) is 0 Å². The predicted octanol–water partition coefficient (Wildman–Crippen LogP) is 1.92. The number of aromatic nitrogens is 2. The van der Waals surface area contributed by atoms with Crippen LogP contribution in [-0.4, -0.2) is 29.3 Å². The third-order valence-electron chi connectivity index (χ3n) is 2.43. The molecule has 1 rings (SSSR count). The van der Waals surface area contributed by atoms with E-state index in [2.05, 4.69) is 5.10 Å². The Morgan fingerprint density at radius 1 is 1.56 bits per heavy atom. The number of ketones is 1. The highest BCUT2D eigenvalue weighted by Crippen LogP contribution is 2.20. The molecule has 0 aliphatic carbocycles. The van der Waals surface area contributed by atoms with E-state index in [1.807, 2.05) is 6.92 Å². The van der Waals surface area contributed by atoms with Gasteiger partial charge >= 0.3 is 0 Å². The lowest BCUT2D eigenvalue weighted by atomic mass is 10.1. The lowest BCUT2D eigenvalue weighted by molar-refractivity contribution is -0.118. The number of carbonyl (C=O) groups is 1. The molecule has 0 aromatic carbocycles. The molecule has 90 valence electrons. The van der Waals surface area contributed by atoms with Crippen molar-refractivity contribution in [3.8, 4) is 0 Å².